The average molecular weight is 511 g/mol. The van der Waals surface area contributed by atoms with Crippen LogP contribution in [0.15, 0.2) is 42.5 Å². The first-order valence-corrected chi connectivity index (χ1v) is 14.0. The number of aromatic hydroxyl groups is 2. The Hall–Kier alpha value is -2.98. The van der Waals surface area contributed by atoms with Crippen LogP contribution in [0.25, 0.3) is 10.9 Å². The molecule has 1 amide bonds. The van der Waals surface area contributed by atoms with Crippen LogP contribution in [-0.4, -0.2) is 49.8 Å². The van der Waals surface area contributed by atoms with Gasteiger partial charge in [-0.2, -0.15) is 0 Å². The van der Waals surface area contributed by atoms with Gasteiger partial charge < -0.3 is 20.1 Å². The molecular formula is C26H34BN3O5S. The zero-order chi connectivity index (χ0) is 26.5. The number of hydrogen-bond donors (Lipinski definition) is 4. The number of sulfonamides is 1. The number of phenols is 2. The number of phenolic OH excluding ortho intramolecular Hbond substituents is 2. The van der Waals surface area contributed by atoms with E-state index in [9.17, 15) is 23.4 Å². The maximum absolute atomic E-state index is 13.2. The summed E-state index contributed by atoms with van der Waals surface area (Å²) in [6.45, 7) is 7.43. The molecule has 1 aliphatic rings. The molecule has 1 saturated carbocycles. The predicted octanol–water partition coefficient (Wildman–Crippen LogP) is 2.99. The Morgan fingerprint density at radius 1 is 1.11 bits per heavy atom. The zero-order valence-corrected chi connectivity index (χ0v) is 22.2. The number of nitrogens with zero attached hydrogens (tertiary/aromatic N) is 1. The van der Waals surface area contributed by atoms with E-state index in [2.05, 4.69) is 41.4 Å². The molecule has 192 valence electrons. The van der Waals surface area contributed by atoms with Gasteiger partial charge in [0.2, 0.25) is 15.9 Å². The van der Waals surface area contributed by atoms with Gasteiger partial charge in [-0.3, -0.25) is 4.79 Å². The second-order valence-corrected chi connectivity index (χ2v) is 13.0. The first-order valence-electron chi connectivity index (χ1n) is 12.1. The van der Waals surface area contributed by atoms with Crippen molar-refractivity contribution < 1.29 is 23.4 Å². The predicted molar refractivity (Wildman–Crippen MR) is 145 cm³/mol. The highest BCUT2D eigenvalue weighted by atomic mass is 32.2. The molecule has 8 nitrogen and oxygen atoms in total. The molecule has 4 N–H and O–H groups in total. The van der Waals surface area contributed by atoms with Crippen LogP contribution < -0.4 is 10.0 Å². The van der Waals surface area contributed by atoms with E-state index in [-0.39, 0.29) is 28.6 Å². The summed E-state index contributed by atoms with van der Waals surface area (Å²) >= 11 is 0. The first-order chi connectivity index (χ1) is 16.7. The topological polar surface area (TPSA) is 121 Å². The van der Waals surface area contributed by atoms with Gasteiger partial charge in [-0.05, 0) is 60.6 Å². The van der Waals surface area contributed by atoms with Crippen molar-refractivity contribution in [3.63, 3.8) is 0 Å². The van der Waals surface area contributed by atoms with Crippen molar-refractivity contribution in [1.82, 2.24) is 9.29 Å². The third-order valence-corrected chi connectivity index (χ3v) is 7.52. The average Bonchev–Trinajstić information content (AvgIpc) is 3.51. The molecule has 1 aromatic heterocycles. The molecule has 1 atom stereocenters. The van der Waals surface area contributed by atoms with Crippen molar-refractivity contribution in [1.29, 1.82) is 0 Å². The van der Waals surface area contributed by atoms with Crippen molar-refractivity contribution in [2.45, 2.75) is 56.8 Å². The molecule has 0 spiro atoms. The lowest BCUT2D eigenvalue weighted by atomic mass is 9.86. The summed E-state index contributed by atoms with van der Waals surface area (Å²) in [7, 11) is -1.24. The van der Waals surface area contributed by atoms with Gasteiger partial charge in [0.1, 0.15) is 7.85 Å². The SMILES string of the molecule is BC(CNS(C)(=O)=O)Cn1c(C(C)(C)C)cc2cc(NC(=O)C3(c4ccc(O)c(O)c4)CC3)ccc21. The Morgan fingerprint density at radius 2 is 1.81 bits per heavy atom. The molecule has 0 saturated heterocycles. The van der Waals surface area contributed by atoms with Crippen LogP contribution >= 0.6 is 0 Å². The Bertz CT molecular complexity index is 1420. The second-order valence-electron chi connectivity index (χ2n) is 11.1. The second kappa shape index (κ2) is 9.16. The minimum absolute atomic E-state index is 0.0762. The van der Waals surface area contributed by atoms with Gasteiger partial charge in [0, 0.05) is 40.8 Å². The molecule has 1 fully saturated rings. The van der Waals surface area contributed by atoms with E-state index >= 15 is 0 Å². The maximum Gasteiger partial charge on any atom is 0.235 e. The smallest absolute Gasteiger partial charge is 0.235 e. The number of hydrogen-bond acceptors (Lipinski definition) is 5. The van der Waals surface area contributed by atoms with Crippen LogP contribution in [0.2, 0.25) is 5.82 Å². The lowest BCUT2D eigenvalue weighted by Crippen LogP contribution is -2.29. The summed E-state index contributed by atoms with van der Waals surface area (Å²) in [6.07, 6.45) is 2.52. The van der Waals surface area contributed by atoms with Gasteiger partial charge >= 0.3 is 0 Å². The number of fused-ring (bicyclic) bond motifs is 1. The summed E-state index contributed by atoms with van der Waals surface area (Å²) in [4.78, 5) is 13.2. The van der Waals surface area contributed by atoms with Gasteiger partial charge in [-0.25, -0.2) is 13.1 Å². The van der Waals surface area contributed by atoms with E-state index < -0.39 is 15.4 Å². The highest BCUT2D eigenvalue weighted by Gasteiger charge is 2.51. The van der Waals surface area contributed by atoms with Crippen LogP contribution in [0, 0.1) is 0 Å². The fraction of sp³-hybridized carbons (Fsp3) is 0.423. The molecule has 0 aliphatic heterocycles. The Kier molecular flexibility index (Phi) is 6.64. The largest absolute Gasteiger partial charge is 0.504 e. The Morgan fingerprint density at radius 3 is 2.39 bits per heavy atom. The number of carbonyl (C=O) groups excluding carboxylic acids is 1. The van der Waals surface area contributed by atoms with Gasteiger partial charge in [0.05, 0.1) is 11.7 Å². The fourth-order valence-electron chi connectivity index (χ4n) is 4.68. The van der Waals surface area contributed by atoms with Crippen molar-refractivity contribution in [3.8, 4) is 11.5 Å². The fourth-order valence-corrected chi connectivity index (χ4v) is 5.27. The molecule has 1 unspecified atom stereocenters. The quantitative estimate of drug-likeness (QED) is 0.274. The normalized spacial score (nSPS) is 16.1. The van der Waals surface area contributed by atoms with Crippen molar-refractivity contribution >= 4 is 40.4 Å². The molecule has 3 aromatic rings. The molecule has 10 heteroatoms. The van der Waals surface area contributed by atoms with Crippen molar-refractivity contribution in [2.75, 3.05) is 18.1 Å². The molecule has 0 radical (unpaired) electrons. The summed E-state index contributed by atoms with van der Waals surface area (Å²) in [5.41, 5.74) is 2.69. The molecule has 1 aliphatic carbocycles. The molecule has 2 aromatic carbocycles. The van der Waals surface area contributed by atoms with E-state index in [1.54, 1.807) is 6.07 Å². The number of benzene rings is 2. The van der Waals surface area contributed by atoms with Crippen molar-refractivity contribution in [2.24, 2.45) is 0 Å². The third-order valence-electron chi connectivity index (χ3n) is 6.83. The summed E-state index contributed by atoms with van der Waals surface area (Å²) < 4.78 is 27.9. The third kappa shape index (κ3) is 5.39. The maximum atomic E-state index is 13.2. The van der Waals surface area contributed by atoms with E-state index in [1.807, 2.05) is 26.0 Å². The Labute approximate surface area is 213 Å². The highest BCUT2D eigenvalue weighted by Crippen LogP contribution is 2.50. The van der Waals surface area contributed by atoms with Gasteiger partial charge in [-0.1, -0.05) is 26.8 Å². The van der Waals surface area contributed by atoms with E-state index in [4.69, 9.17) is 0 Å². The summed E-state index contributed by atoms with van der Waals surface area (Å²) in [5.74, 6) is -0.499. The summed E-state index contributed by atoms with van der Waals surface area (Å²) in [5, 5.41) is 23.6. The van der Waals surface area contributed by atoms with E-state index in [0.29, 0.717) is 37.2 Å². The molecular weight excluding hydrogens is 477 g/mol. The number of nitrogens with one attached hydrogen (secondary N) is 2. The van der Waals surface area contributed by atoms with Gasteiger partial charge in [0.25, 0.3) is 0 Å². The number of anilines is 1. The van der Waals surface area contributed by atoms with Crippen LogP contribution in [0.5, 0.6) is 11.5 Å². The molecule has 36 heavy (non-hydrogen) atoms. The zero-order valence-electron chi connectivity index (χ0n) is 21.4. The van der Waals surface area contributed by atoms with Crippen LogP contribution in [0.3, 0.4) is 0 Å². The number of carbonyl (C=O) groups is 1. The molecule has 4 rings (SSSR count). The minimum atomic E-state index is -3.25. The molecule has 0 bridgehead atoms. The monoisotopic (exact) mass is 511 g/mol. The number of aromatic nitrogens is 1. The highest BCUT2D eigenvalue weighted by molar-refractivity contribution is 7.88. The Balaban J connectivity index is 1.60. The standard InChI is InChI=1S/C26H34BN3O5S/c1-25(2,3)23-12-16-11-19(6-7-20(16)30(23)15-18(27)14-28-36(4,34)35)29-24(33)26(9-10-26)17-5-8-21(31)22(32)13-17/h5-8,11-13,18,28,31-32H,9-10,14-15,27H2,1-4H3,(H,29,33). The summed E-state index contributed by atoms with van der Waals surface area (Å²) in [6, 6.07) is 12.5. The number of rotatable bonds is 8. The van der Waals surface area contributed by atoms with Crippen LogP contribution in [-0.2, 0) is 32.2 Å². The minimum Gasteiger partial charge on any atom is -0.504 e. The van der Waals surface area contributed by atoms with E-state index in [0.717, 1.165) is 22.9 Å². The van der Waals surface area contributed by atoms with Crippen LogP contribution in [0.4, 0.5) is 5.69 Å². The van der Waals surface area contributed by atoms with Crippen LogP contribution in [0.1, 0.15) is 44.9 Å². The van der Waals surface area contributed by atoms with Crippen molar-refractivity contribution in [3.05, 3.63) is 53.7 Å². The van der Waals surface area contributed by atoms with Gasteiger partial charge in [-0.15, -0.1) is 0 Å². The first kappa shape index (κ1) is 26.1. The number of amides is 1. The lowest BCUT2D eigenvalue weighted by molar-refractivity contribution is -0.118. The lowest BCUT2D eigenvalue weighted by Gasteiger charge is -2.24. The van der Waals surface area contributed by atoms with E-state index in [1.165, 1.54) is 12.1 Å². The molecule has 1 heterocycles. The van der Waals surface area contributed by atoms with Gasteiger partial charge in [0.15, 0.2) is 11.5 Å².